The molecule has 512 valence electrons. The van der Waals surface area contributed by atoms with Gasteiger partial charge in [0.1, 0.15) is 66.7 Å². The van der Waals surface area contributed by atoms with E-state index in [1.807, 2.05) is 13.8 Å². The van der Waals surface area contributed by atoms with Gasteiger partial charge in [0.2, 0.25) is 17.7 Å². The zero-order valence-electron chi connectivity index (χ0n) is 51.0. The van der Waals surface area contributed by atoms with Crippen LogP contribution in [0.4, 0.5) is 0 Å². The van der Waals surface area contributed by atoms with E-state index in [9.17, 15) is 75.0 Å². The Morgan fingerprint density at radius 2 is 1.16 bits per heavy atom. The van der Waals surface area contributed by atoms with Crippen LogP contribution < -0.4 is 16.8 Å². The Morgan fingerprint density at radius 3 is 1.69 bits per heavy atom. The van der Waals surface area contributed by atoms with E-state index in [2.05, 4.69) is 22.2 Å². The molecule has 0 radical (unpaired) electrons. The fraction of sp³-hybridized carbons (Fsp3) is 0.839. The fourth-order valence-electron chi connectivity index (χ4n) is 11.7. The number of nitrogens with two attached hydrogens (primary N) is 2. The van der Waals surface area contributed by atoms with Crippen LogP contribution in [-0.2, 0) is 89.2 Å². The molecule has 34 heteroatoms. The standard InChI is InChI=1S/C56H92N8O26/c1-6-30-33-34(31(7-2)86-30)50(75)64(49(33)74)16-10-8-9-15-62(24-29-25-63(61-60-29)17-21-81-22-23-83-56-44(73)42(71)46(48(90-56)52(78)79)88-54-36(58)40(69)38(67)28(5)85-54)32(65)13-12-26(3)59-14-20-80-18-11-19-82-55-43(72)41(70)45(47(89-55)51(76)77)87-53-35(57)39(68)37(66)27(4)84-53/h25,27-28,30-31,33-48,53-56,59,66-73H,3,6-24,57-58H2,1-2,4-5H3,(H,76,77)(H,78,79)/t27?,28?,30-,31+,33+,34-,35?,36?,37-,38-,39-,40-,41-,42-,43?,44?,45+,46+,47?,48?,53-,54-,55-,56-/m1/s1. The molecule has 6 aliphatic heterocycles. The van der Waals surface area contributed by atoms with Crippen LogP contribution in [0.15, 0.2) is 18.5 Å². The Balaban J connectivity index is 0.825. The molecule has 0 saturated carbocycles. The molecule has 8 unspecified atom stereocenters. The molecule has 3 amide bonds. The second-order valence-electron chi connectivity index (χ2n) is 23.3. The maximum absolute atomic E-state index is 13.9. The molecular weight excluding hydrogens is 1200 g/mol. The Labute approximate surface area is 519 Å². The van der Waals surface area contributed by atoms with Crippen molar-refractivity contribution < 1.29 is 127 Å². The lowest BCUT2D eigenvalue weighted by molar-refractivity contribution is -0.337. The summed E-state index contributed by atoms with van der Waals surface area (Å²) in [7, 11) is 0. The van der Waals surface area contributed by atoms with Crippen molar-refractivity contribution in [3.05, 3.63) is 24.2 Å². The maximum atomic E-state index is 13.9. The third-order valence-electron chi connectivity index (χ3n) is 16.9. The number of allylic oxidation sites excluding steroid dienone is 1. The Kier molecular flexibility index (Phi) is 27.5. The van der Waals surface area contributed by atoms with Crippen molar-refractivity contribution in [2.45, 2.75) is 227 Å². The molecule has 7 heterocycles. The number of carbonyl (C=O) groups is 5. The van der Waals surface area contributed by atoms with Gasteiger partial charge in [0.25, 0.3) is 0 Å². The van der Waals surface area contributed by atoms with Gasteiger partial charge in [0.05, 0.1) is 101 Å². The number of amides is 3. The monoisotopic (exact) mass is 1290 g/mol. The Morgan fingerprint density at radius 1 is 0.622 bits per heavy atom. The number of aliphatic hydroxyl groups excluding tert-OH is 8. The number of hydrogen-bond acceptors (Lipinski definition) is 29. The summed E-state index contributed by atoms with van der Waals surface area (Å²) in [6, 6.07) is -2.64. The van der Waals surface area contributed by atoms with Crippen LogP contribution in [0.3, 0.4) is 0 Å². The maximum Gasteiger partial charge on any atom is 0.335 e. The normalized spacial score (nSPS) is 37.1. The quantitative estimate of drug-likeness (QED) is 0.0223. The van der Waals surface area contributed by atoms with Gasteiger partial charge in [-0.1, -0.05) is 25.6 Å². The van der Waals surface area contributed by atoms with Crippen LogP contribution in [0.2, 0.25) is 0 Å². The van der Waals surface area contributed by atoms with E-state index in [1.165, 1.54) is 23.4 Å². The van der Waals surface area contributed by atoms with Crippen LogP contribution in [0.25, 0.3) is 0 Å². The van der Waals surface area contributed by atoms with E-state index in [0.717, 1.165) is 0 Å². The second kappa shape index (κ2) is 34.0. The lowest BCUT2D eigenvalue weighted by atomic mass is 9.88. The molecule has 34 nitrogen and oxygen atoms in total. The minimum absolute atomic E-state index is 0.0601. The first-order valence-corrected chi connectivity index (χ1v) is 30.7. The van der Waals surface area contributed by atoms with Crippen LogP contribution in [0.1, 0.15) is 84.8 Å². The molecule has 90 heavy (non-hydrogen) atoms. The third kappa shape index (κ3) is 18.0. The minimum atomic E-state index is -1.86. The largest absolute Gasteiger partial charge is 0.479 e. The highest BCUT2D eigenvalue weighted by Crippen LogP contribution is 2.43. The van der Waals surface area contributed by atoms with Crippen LogP contribution in [0, 0.1) is 11.8 Å². The summed E-state index contributed by atoms with van der Waals surface area (Å²) in [6.45, 7) is 12.2. The summed E-state index contributed by atoms with van der Waals surface area (Å²) in [5, 5.41) is 115. The number of carboxylic acids is 2. The topological polar surface area (TPSA) is 490 Å². The molecule has 6 saturated heterocycles. The number of aromatic nitrogens is 3. The molecule has 24 atom stereocenters. The van der Waals surface area contributed by atoms with Crippen molar-refractivity contribution in [2.24, 2.45) is 23.3 Å². The lowest BCUT2D eigenvalue weighted by Gasteiger charge is -2.45. The van der Waals surface area contributed by atoms with Crippen molar-refractivity contribution in [3.8, 4) is 0 Å². The summed E-state index contributed by atoms with van der Waals surface area (Å²) in [5.41, 5.74) is 12.9. The first kappa shape index (κ1) is 72.8. The van der Waals surface area contributed by atoms with Gasteiger partial charge in [-0.2, -0.15) is 0 Å². The summed E-state index contributed by atoms with van der Waals surface area (Å²) in [6.07, 6.45) is -23.3. The molecule has 0 aliphatic carbocycles. The third-order valence-corrected chi connectivity index (χ3v) is 16.9. The van der Waals surface area contributed by atoms with Gasteiger partial charge in [0.15, 0.2) is 37.4 Å². The number of nitrogens with one attached hydrogen (secondary N) is 1. The molecule has 6 fully saturated rings. The van der Waals surface area contributed by atoms with E-state index in [-0.39, 0.29) is 108 Å². The second-order valence-corrected chi connectivity index (χ2v) is 23.3. The molecular formula is C56H92N8O26. The van der Waals surface area contributed by atoms with Crippen molar-refractivity contribution in [1.29, 1.82) is 0 Å². The average Bonchev–Trinajstić information content (AvgIpc) is 1.55. The molecule has 15 N–H and O–H groups in total. The number of carbonyl (C=O) groups excluding carboxylic acids is 3. The first-order chi connectivity index (χ1) is 42.9. The SMILES string of the molecule is C=C(CCC(=O)N(CCCCCN1C(=O)[C@@H]2[C@H](C1=O)[C@H](CC)O[C@@H]2CC)Cc1cn(CCOCCO[C@@H]2OC(C(=O)O)[C@@H](O[C@H]3OC(C)[C@@H](O)[C@H](O)C3N)[C@H](O)C2O)nn1)NCCOCCCO[C@@H]1OC(C(=O)O)[C@@H](O[C@H]2OC(C)[C@@H](O)[C@H](O)C2N)[C@H](O)C1O. The average molecular weight is 1290 g/mol. The summed E-state index contributed by atoms with van der Waals surface area (Å²) in [5.74, 6) is -4.65. The van der Waals surface area contributed by atoms with E-state index in [0.29, 0.717) is 56.6 Å². The fourth-order valence-corrected chi connectivity index (χ4v) is 11.7. The Bertz CT molecular complexity index is 2460. The van der Waals surface area contributed by atoms with Crippen molar-refractivity contribution >= 4 is 29.7 Å². The number of likely N-dealkylation sites (tertiary alicyclic amines) is 1. The van der Waals surface area contributed by atoms with Gasteiger partial charge < -0.3 is 125 Å². The van der Waals surface area contributed by atoms with Crippen LogP contribution in [-0.4, -0.2) is 300 Å². The molecule has 0 bridgehead atoms. The smallest absolute Gasteiger partial charge is 0.335 e. The zero-order valence-corrected chi connectivity index (χ0v) is 51.0. The summed E-state index contributed by atoms with van der Waals surface area (Å²) in [4.78, 5) is 68.1. The number of carboxylic acid groups (broad SMARTS) is 2. The predicted octanol–water partition coefficient (Wildman–Crippen LogP) is -5.27. The number of unbranched alkanes of at least 4 members (excludes halogenated alkanes) is 2. The van der Waals surface area contributed by atoms with Crippen molar-refractivity contribution in [2.75, 3.05) is 59.3 Å². The molecule has 0 aromatic carbocycles. The van der Waals surface area contributed by atoms with Gasteiger partial charge in [-0.05, 0) is 58.8 Å². The van der Waals surface area contributed by atoms with Gasteiger partial charge in [-0.15, -0.1) is 5.10 Å². The number of rotatable bonds is 35. The summed E-state index contributed by atoms with van der Waals surface area (Å²) < 4.78 is 63.1. The number of nitrogens with zero attached hydrogens (tertiary/aromatic N) is 5. The number of ether oxygens (including phenoxy) is 11. The predicted molar refractivity (Wildman–Crippen MR) is 302 cm³/mol. The van der Waals surface area contributed by atoms with Crippen molar-refractivity contribution in [1.82, 2.24) is 30.1 Å². The molecule has 1 aromatic rings. The van der Waals surface area contributed by atoms with Gasteiger partial charge in [-0.3, -0.25) is 19.3 Å². The lowest BCUT2D eigenvalue weighted by Crippen LogP contribution is -2.66. The minimum Gasteiger partial charge on any atom is -0.479 e. The van der Waals surface area contributed by atoms with Crippen LogP contribution in [0.5, 0.6) is 0 Å². The number of hydrogen-bond donors (Lipinski definition) is 13. The van der Waals surface area contributed by atoms with Gasteiger partial charge in [-0.25, -0.2) is 14.3 Å². The Hall–Kier alpha value is -4.61. The number of aliphatic hydroxyl groups is 8. The highest BCUT2D eigenvalue weighted by molar-refractivity contribution is 6.06. The first-order valence-electron chi connectivity index (χ1n) is 30.7. The molecule has 7 rings (SSSR count). The van der Waals surface area contributed by atoms with Gasteiger partial charge >= 0.3 is 11.9 Å². The number of fused-ring (bicyclic) bond motifs is 1. The van der Waals surface area contributed by atoms with Crippen LogP contribution >= 0.6 is 0 Å². The van der Waals surface area contributed by atoms with E-state index >= 15 is 0 Å². The molecule has 6 aliphatic rings. The van der Waals surface area contributed by atoms with Gasteiger partial charge in [0, 0.05) is 38.4 Å². The number of imide groups is 1. The molecule has 0 spiro atoms. The highest BCUT2D eigenvalue weighted by Gasteiger charge is 2.59. The number of aliphatic carboxylic acids is 2. The van der Waals surface area contributed by atoms with E-state index in [4.69, 9.17) is 63.6 Å². The highest BCUT2D eigenvalue weighted by atomic mass is 16.8. The van der Waals surface area contributed by atoms with E-state index in [1.54, 1.807) is 11.1 Å². The zero-order chi connectivity index (χ0) is 65.7. The van der Waals surface area contributed by atoms with Crippen molar-refractivity contribution in [3.63, 3.8) is 0 Å². The molecule has 1 aromatic heterocycles. The van der Waals surface area contributed by atoms with E-state index < -0.39 is 146 Å². The summed E-state index contributed by atoms with van der Waals surface area (Å²) >= 11 is 0.